The van der Waals surface area contributed by atoms with Crippen molar-refractivity contribution in [1.82, 2.24) is 10.3 Å². The van der Waals surface area contributed by atoms with Gasteiger partial charge in [-0.2, -0.15) is 0 Å². The van der Waals surface area contributed by atoms with Crippen molar-refractivity contribution in [3.8, 4) is 0 Å². The van der Waals surface area contributed by atoms with E-state index < -0.39 is 24.3 Å². The highest BCUT2D eigenvalue weighted by Crippen LogP contribution is 2.16. The highest BCUT2D eigenvalue weighted by molar-refractivity contribution is 6.31. The summed E-state index contributed by atoms with van der Waals surface area (Å²) >= 11 is 11.5. The number of pyridine rings is 1. The Balaban J connectivity index is 1.82. The molecule has 1 aromatic heterocycles. The summed E-state index contributed by atoms with van der Waals surface area (Å²) in [5, 5.41) is 2.87. The third-order valence-electron chi connectivity index (χ3n) is 2.79. The van der Waals surface area contributed by atoms with Gasteiger partial charge in [-0.15, -0.1) is 0 Å². The summed E-state index contributed by atoms with van der Waals surface area (Å²) in [7, 11) is 0. The highest BCUT2D eigenvalue weighted by Gasteiger charge is 2.11. The van der Waals surface area contributed by atoms with Crippen LogP contribution in [0.4, 0.5) is 4.39 Å². The smallest absolute Gasteiger partial charge is 0.338 e. The largest absolute Gasteiger partial charge is 0.452 e. The molecule has 0 unspecified atom stereocenters. The van der Waals surface area contributed by atoms with Crippen molar-refractivity contribution < 1.29 is 18.7 Å². The lowest BCUT2D eigenvalue weighted by Crippen LogP contribution is -2.28. The normalized spacial score (nSPS) is 10.2. The monoisotopic (exact) mass is 356 g/mol. The molecule has 0 saturated heterocycles. The topological polar surface area (TPSA) is 68.3 Å². The van der Waals surface area contributed by atoms with Crippen LogP contribution in [0.1, 0.15) is 15.9 Å². The first-order valence-corrected chi connectivity index (χ1v) is 7.20. The molecule has 0 saturated carbocycles. The van der Waals surface area contributed by atoms with E-state index in [4.69, 9.17) is 27.9 Å². The van der Waals surface area contributed by atoms with E-state index in [0.717, 1.165) is 6.07 Å². The fourth-order valence-electron chi connectivity index (χ4n) is 1.65. The molecule has 0 bridgehead atoms. The number of ether oxygens (including phenoxy) is 1. The second-order valence-electron chi connectivity index (χ2n) is 4.46. The Morgan fingerprint density at radius 3 is 2.70 bits per heavy atom. The second-order valence-corrected chi connectivity index (χ2v) is 5.25. The number of benzene rings is 1. The van der Waals surface area contributed by atoms with E-state index in [1.165, 1.54) is 30.5 Å². The molecular formula is C15H11Cl2FN2O3. The van der Waals surface area contributed by atoms with E-state index in [-0.39, 0.29) is 22.3 Å². The van der Waals surface area contributed by atoms with Gasteiger partial charge in [-0.3, -0.25) is 4.79 Å². The summed E-state index contributed by atoms with van der Waals surface area (Å²) < 4.78 is 17.8. The number of nitrogens with zero attached hydrogens (tertiary/aromatic N) is 1. The number of rotatable bonds is 5. The van der Waals surface area contributed by atoms with Crippen molar-refractivity contribution in [2.45, 2.75) is 6.54 Å². The van der Waals surface area contributed by atoms with Crippen LogP contribution in [-0.2, 0) is 16.1 Å². The molecule has 1 N–H and O–H groups in total. The molecular weight excluding hydrogens is 346 g/mol. The van der Waals surface area contributed by atoms with Gasteiger partial charge in [0, 0.05) is 17.8 Å². The van der Waals surface area contributed by atoms with Crippen LogP contribution < -0.4 is 5.32 Å². The maximum Gasteiger partial charge on any atom is 0.338 e. The molecule has 1 heterocycles. The summed E-state index contributed by atoms with van der Waals surface area (Å²) in [5.74, 6) is -1.67. The number of aromatic nitrogens is 1. The predicted molar refractivity (Wildman–Crippen MR) is 82.8 cm³/mol. The summed E-state index contributed by atoms with van der Waals surface area (Å²) in [6.07, 6.45) is 1.36. The minimum atomic E-state index is -0.690. The Hall–Kier alpha value is -2.18. The van der Waals surface area contributed by atoms with Crippen LogP contribution in [0.15, 0.2) is 36.5 Å². The van der Waals surface area contributed by atoms with Gasteiger partial charge in [0.05, 0.1) is 5.56 Å². The standard InChI is InChI=1S/C15H11Cl2FN2O3/c16-12-6-11(18)2-1-10(12)7-20-14(21)8-23-15(22)9-3-4-19-13(17)5-9/h1-6H,7-8H2,(H,20,21). The molecule has 5 nitrogen and oxygen atoms in total. The van der Waals surface area contributed by atoms with Crippen molar-refractivity contribution in [2.24, 2.45) is 0 Å². The van der Waals surface area contributed by atoms with Crippen molar-refractivity contribution >= 4 is 35.1 Å². The number of esters is 1. The Labute approximate surface area is 141 Å². The lowest BCUT2D eigenvalue weighted by molar-refractivity contribution is -0.124. The summed E-state index contributed by atoms with van der Waals surface area (Å²) in [5.41, 5.74) is 0.744. The minimum Gasteiger partial charge on any atom is -0.452 e. The maximum absolute atomic E-state index is 12.9. The second kappa shape index (κ2) is 7.89. The lowest BCUT2D eigenvalue weighted by Gasteiger charge is -2.08. The molecule has 23 heavy (non-hydrogen) atoms. The van der Waals surface area contributed by atoms with Crippen molar-refractivity contribution in [3.63, 3.8) is 0 Å². The van der Waals surface area contributed by atoms with Gasteiger partial charge in [0.15, 0.2) is 6.61 Å². The zero-order valence-corrected chi connectivity index (χ0v) is 13.2. The maximum atomic E-state index is 12.9. The number of carbonyl (C=O) groups is 2. The Morgan fingerprint density at radius 1 is 1.22 bits per heavy atom. The summed E-state index contributed by atoms with van der Waals surface area (Å²) in [4.78, 5) is 27.1. The Morgan fingerprint density at radius 2 is 2.00 bits per heavy atom. The molecule has 0 aliphatic heterocycles. The average molecular weight is 357 g/mol. The first-order valence-electron chi connectivity index (χ1n) is 6.45. The van der Waals surface area contributed by atoms with Gasteiger partial charge in [-0.1, -0.05) is 29.3 Å². The van der Waals surface area contributed by atoms with Crippen molar-refractivity contribution in [3.05, 3.63) is 63.6 Å². The van der Waals surface area contributed by atoms with E-state index >= 15 is 0 Å². The molecule has 0 aliphatic rings. The molecule has 0 atom stereocenters. The van der Waals surface area contributed by atoms with Gasteiger partial charge in [0.25, 0.3) is 5.91 Å². The van der Waals surface area contributed by atoms with E-state index in [1.807, 2.05) is 0 Å². The van der Waals surface area contributed by atoms with Crippen LogP contribution in [0.5, 0.6) is 0 Å². The predicted octanol–water partition coefficient (Wildman–Crippen LogP) is 3.00. The Kier molecular flexibility index (Phi) is 5.90. The number of hydrogen-bond donors (Lipinski definition) is 1. The van der Waals surface area contributed by atoms with E-state index in [1.54, 1.807) is 0 Å². The number of amides is 1. The molecule has 2 aromatic rings. The highest BCUT2D eigenvalue weighted by atomic mass is 35.5. The first-order chi connectivity index (χ1) is 11.0. The molecule has 0 spiro atoms. The van der Waals surface area contributed by atoms with Gasteiger partial charge in [-0.25, -0.2) is 14.2 Å². The van der Waals surface area contributed by atoms with Crippen LogP contribution in [0, 0.1) is 5.82 Å². The SMILES string of the molecule is O=C(COC(=O)c1ccnc(Cl)c1)NCc1ccc(F)cc1Cl. The van der Waals surface area contributed by atoms with Gasteiger partial charge in [0.2, 0.25) is 0 Å². The first kappa shape index (κ1) is 17.2. The molecule has 120 valence electrons. The van der Waals surface area contributed by atoms with Gasteiger partial charge < -0.3 is 10.1 Å². The van der Waals surface area contributed by atoms with Gasteiger partial charge in [-0.05, 0) is 29.8 Å². The third kappa shape index (κ3) is 5.19. The molecule has 1 amide bonds. The third-order valence-corrected chi connectivity index (χ3v) is 3.35. The van der Waals surface area contributed by atoms with E-state index in [9.17, 15) is 14.0 Å². The fraction of sp³-hybridized carbons (Fsp3) is 0.133. The summed E-state index contributed by atoms with van der Waals surface area (Å²) in [6.45, 7) is -0.367. The van der Waals surface area contributed by atoms with Gasteiger partial charge in [0.1, 0.15) is 11.0 Å². The number of carbonyl (C=O) groups excluding carboxylic acids is 2. The minimum absolute atomic E-state index is 0.0938. The van der Waals surface area contributed by atoms with Crippen LogP contribution >= 0.6 is 23.2 Å². The quantitative estimate of drug-likeness (QED) is 0.660. The zero-order valence-electron chi connectivity index (χ0n) is 11.7. The average Bonchev–Trinajstić information content (AvgIpc) is 2.51. The van der Waals surface area contributed by atoms with Crippen molar-refractivity contribution in [2.75, 3.05) is 6.61 Å². The number of nitrogens with one attached hydrogen (secondary N) is 1. The molecule has 8 heteroatoms. The lowest BCUT2D eigenvalue weighted by atomic mass is 10.2. The molecule has 0 radical (unpaired) electrons. The van der Waals surface area contributed by atoms with Crippen LogP contribution in [0.2, 0.25) is 10.2 Å². The molecule has 0 fully saturated rings. The van der Waals surface area contributed by atoms with Crippen LogP contribution in [0.25, 0.3) is 0 Å². The van der Waals surface area contributed by atoms with Gasteiger partial charge >= 0.3 is 5.97 Å². The molecule has 1 aromatic carbocycles. The van der Waals surface area contributed by atoms with Crippen molar-refractivity contribution in [1.29, 1.82) is 0 Å². The van der Waals surface area contributed by atoms with Crippen LogP contribution in [-0.4, -0.2) is 23.5 Å². The number of hydrogen-bond acceptors (Lipinski definition) is 4. The zero-order chi connectivity index (χ0) is 16.8. The molecule has 2 rings (SSSR count). The summed E-state index contributed by atoms with van der Waals surface area (Å²) in [6, 6.07) is 6.60. The Bertz CT molecular complexity index is 740. The number of halogens is 3. The van der Waals surface area contributed by atoms with Crippen LogP contribution in [0.3, 0.4) is 0 Å². The van der Waals surface area contributed by atoms with E-state index in [0.29, 0.717) is 5.56 Å². The molecule has 0 aliphatic carbocycles. The fourth-order valence-corrected chi connectivity index (χ4v) is 2.06. The van der Waals surface area contributed by atoms with E-state index in [2.05, 4.69) is 10.3 Å².